The number of H-pyrrole nitrogens is 1. The second-order valence-corrected chi connectivity index (χ2v) is 9.56. The molecule has 0 saturated heterocycles. The standard InChI is InChI=1S/C27H25FN6O3/c1-33(2)13-15-3-4-17-16(9-15)14-34(27(17)36)22-12-30-25(20-11-31-32-26(35)24(20)22)29-10-19-18-7-8-37-23(18)6-5-21(19)28/h3-6,9,11-12H,7-8,10,13-14H2,1-2H3,(H,29,30)(H,32,35). The monoisotopic (exact) mass is 500 g/mol. The van der Waals surface area contributed by atoms with Gasteiger partial charge in [0.1, 0.15) is 17.4 Å². The van der Waals surface area contributed by atoms with Crippen LogP contribution in [0.5, 0.6) is 5.75 Å². The van der Waals surface area contributed by atoms with E-state index in [-0.39, 0.29) is 18.3 Å². The van der Waals surface area contributed by atoms with Crippen molar-refractivity contribution in [1.29, 1.82) is 0 Å². The number of amides is 1. The lowest BCUT2D eigenvalue weighted by molar-refractivity contribution is 0.0997. The molecule has 2 aromatic heterocycles. The van der Waals surface area contributed by atoms with Crippen molar-refractivity contribution in [2.75, 3.05) is 30.9 Å². The van der Waals surface area contributed by atoms with Gasteiger partial charge in [-0.25, -0.2) is 14.5 Å². The molecule has 0 fully saturated rings. The second-order valence-electron chi connectivity index (χ2n) is 9.56. The SMILES string of the molecule is CN(C)Cc1ccc2c(c1)CN(c1cnc(NCc3c(F)ccc4c3CCO4)c3cn[nH]c(=O)c13)C2=O. The Hall–Kier alpha value is -4.31. The highest BCUT2D eigenvalue weighted by Gasteiger charge is 2.31. The summed E-state index contributed by atoms with van der Waals surface area (Å²) in [6.45, 7) is 1.77. The lowest BCUT2D eigenvalue weighted by Crippen LogP contribution is -2.25. The molecular formula is C27H25FN6O3. The number of pyridine rings is 1. The van der Waals surface area contributed by atoms with E-state index < -0.39 is 5.56 Å². The topological polar surface area (TPSA) is 103 Å². The summed E-state index contributed by atoms with van der Waals surface area (Å²) >= 11 is 0. The summed E-state index contributed by atoms with van der Waals surface area (Å²) < 4.78 is 20.2. The van der Waals surface area contributed by atoms with Crippen LogP contribution in [0, 0.1) is 5.82 Å². The van der Waals surface area contributed by atoms with Gasteiger partial charge in [-0.3, -0.25) is 9.59 Å². The number of fused-ring (bicyclic) bond motifs is 3. The van der Waals surface area contributed by atoms with Crippen LogP contribution < -0.4 is 20.5 Å². The van der Waals surface area contributed by atoms with Crippen LogP contribution in [0.4, 0.5) is 15.9 Å². The van der Waals surface area contributed by atoms with Gasteiger partial charge in [0, 0.05) is 36.2 Å². The van der Waals surface area contributed by atoms with Gasteiger partial charge in [-0.05, 0) is 43.4 Å². The zero-order chi connectivity index (χ0) is 25.7. The van der Waals surface area contributed by atoms with Crippen molar-refractivity contribution in [3.05, 3.63) is 86.7 Å². The summed E-state index contributed by atoms with van der Waals surface area (Å²) in [4.78, 5) is 34.4. The fourth-order valence-electron chi connectivity index (χ4n) is 5.15. The third-order valence-corrected chi connectivity index (χ3v) is 6.82. The second kappa shape index (κ2) is 8.97. The molecule has 4 aromatic rings. The normalized spacial score (nSPS) is 14.3. The van der Waals surface area contributed by atoms with Crippen molar-refractivity contribution in [2.24, 2.45) is 0 Å². The quantitative estimate of drug-likeness (QED) is 0.419. The first-order valence-electron chi connectivity index (χ1n) is 12.0. The molecular weight excluding hydrogens is 475 g/mol. The Kier molecular flexibility index (Phi) is 5.60. The van der Waals surface area contributed by atoms with Crippen molar-refractivity contribution in [3.63, 3.8) is 0 Å². The van der Waals surface area contributed by atoms with E-state index in [9.17, 15) is 14.0 Å². The molecule has 1 amide bonds. The average Bonchev–Trinajstić information content (AvgIpc) is 3.47. The molecule has 188 valence electrons. The molecule has 0 atom stereocenters. The summed E-state index contributed by atoms with van der Waals surface area (Å²) in [5, 5.41) is 10.3. The van der Waals surface area contributed by atoms with Crippen molar-refractivity contribution in [1.82, 2.24) is 20.1 Å². The minimum Gasteiger partial charge on any atom is -0.493 e. The van der Waals surface area contributed by atoms with Crippen LogP contribution in [0.2, 0.25) is 0 Å². The third kappa shape index (κ3) is 3.99. The molecule has 10 heteroatoms. The van der Waals surface area contributed by atoms with Crippen LogP contribution in [0.3, 0.4) is 0 Å². The number of ether oxygens (including phenoxy) is 1. The maximum Gasteiger partial charge on any atom is 0.274 e. The van der Waals surface area contributed by atoms with Gasteiger partial charge in [0.25, 0.3) is 11.5 Å². The Labute approximate surface area is 211 Å². The van der Waals surface area contributed by atoms with Crippen LogP contribution in [-0.4, -0.2) is 46.7 Å². The number of rotatable bonds is 6. The predicted molar refractivity (Wildman–Crippen MR) is 137 cm³/mol. The predicted octanol–water partition coefficient (Wildman–Crippen LogP) is 3.23. The van der Waals surface area contributed by atoms with E-state index >= 15 is 0 Å². The number of benzene rings is 2. The lowest BCUT2D eigenvalue weighted by Gasteiger charge is -2.19. The van der Waals surface area contributed by atoms with E-state index in [4.69, 9.17) is 4.74 Å². The molecule has 4 heterocycles. The van der Waals surface area contributed by atoms with Gasteiger partial charge < -0.3 is 19.9 Å². The van der Waals surface area contributed by atoms with E-state index in [1.807, 2.05) is 32.3 Å². The zero-order valence-corrected chi connectivity index (χ0v) is 20.5. The Balaban J connectivity index is 1.35. The number of carbonyl (C=O) groups is 1. The van der Waals surface area contributed by atoms with Crippen LogP contribution in [-0.2, 0) is 26.1 Å². The van der Waals surface area contributed by atoms with Gasteiger partial charge in [0.15, 0.2) is 0 Å². The molecule has 0 unspecified atom stereocenters. The number of halogens is 1. The maximum absolute atomic E-state index is 14.6. The van der Waals surface area contributed by atoms with Crippen molar-refractivity contribution in [2.45, 2.75) is 26.1 Å². The number of nitrogens with one attached hydrogen (secondary N) is 2. The van der Waals surface area contributed by atoms with Gasteiger partial charge in [0.05, 0.1) is 42.0 Å². The number of nitrogens with zero attached hydrogens (tertiary/aromatic N) is 4. The highest BCUT2D eigenvalue weighted by Crippen LogP contribution is 2.35. The fraction of sp³-hybridized carbons (Fsp3) is 0.259. The molecule has 0 saturated carbocycles. The number of carbonyl (C=O) groups excluding carboxylic acids is 1. The first-order valence-corrected chi connectivity index (χ1v) is 12.0. The number of anilines is 2. The molecule has 37 heavy (non-hydrogen) atoms. The highest BCUT2D eigenvalue weighted by molar-refractivity contribution is 6.14. The number of hydrogen-bond donors (Lipinski definition) is 2. The van der Waals surface area contributed by atoms with E-state index in [0.717, 1.165) is 23.2 Å². The Morgan fingerprint density at radius 2 is 2.05 bits per heavy atom. The molecule has 2 aliphatic rings. The van der Waals surface area contributed by atoms with Gasteiger partial charge in [-0.2, -0.15) is 5.10 Å². The van der Waals surface area contributed by atoms with Crippen LogP contribution in [0.1, 0.15) is 32.6 Å². The van der Waals surface area contributed by atoms with E-state index in [0.29, 0.717) is 58.7 Å². The van der Waals surface area contributed by atoms with E-state index in [1.54, 1.807) is 11.0 Å². The molecule has 0 spiro atoms. The number of hydrogen-bond acceptors (Lipinski definition) is 7. The Morgan fingerprint density at radius 1 is 1.19 bits per heavy atom. The summed E-state index contributed by atoms with van der Waals surface area (Å²) in [5.41, 5.74) is 3.92. The molecule has 2 aliphatic heterocycles. The van der Waals surface area contributed by atoms with E-state index in [1.165, 1.54) is 18.5 Å². The molecule has 0 bridgehead atoms. The van der Waals surface area contributed by atoms with Crippen LogP contribution in [0.15, 0.2) is 47.5 Å². The van der Waals surface area contributed by atoms with E-state index in [2.05, 4.69) is 25.4 Å². The number of aromatic nitrogens is 3. The van der Waals surface area contributed by atoms with Gasteiger partial charge in [0.2, 0.25) is 0 Å². The molecule has 0 radical (unpaired) electrons. The maximum atomic E-state index is 14.6. The van der Waals surface area contributed by atoms with Gasteiger partial charge >= 0.3 is 0 Å². The highest BCUT2D eigenvalue weighted by atomic mass is 19.1. The summed E-state index contributed by atoms with van der Waals surface area (Å²) in [6, 6.07) is 8.85. The fourth-order valence-corrected chi connectivity index (χ4v) is 5.15. The zero-order valence-electron chi connectivity index (χ0n) is 20.5. The smallest absolute Gasteiger partial charge is 0.274 e. The summed E-state index contributed by atoms with van der Waals surface area (Å²) in [5.74, 6) is 0.548. The van der Waals surface area contributed by atoms with Crippen molar-refractivity contribution in [3.8, 4) is 5.75 Å². The molecule has 0 aliphatic carbocycles. The Morgan fingerprint density at radius 3 is 2.89 bits per heavy atom. The van der Waals surface area contributed by atoms with Crippen molar-refractivity contribution < 1.29 is 13.9 Å². The molecule has 9 nitrogen and oxygen atoms in total. The van der Waals surface area contributed by atoms with Crippen molar-refractivity contribution >= 4 is 28.2 Å². The largest absolute Gasteiger partial charge is 0.493 e. The minimum atomic E-state index is -0.435. The van der Waals surface area contributed by atoms with Crippen LogP contribution in [0.25, 0.3) is 10.8 Å². The molecule has 2 aromatic carbocycles. The first-order chi connectivity index (χ1) is 17.9. The van der Waals surface area contributed by atoms with Gasteiger partial charge in [-0.1, -0.05) is 12.1 Å². The first kappa shape index (κ1) is 23.1. The minimum absolute atomic E-state index is 0.162. The Bertz CT molecular complexity index is 1620. The van der Waals surface area contributed by atoms with Crippen LogP contribution >= 0.6 is 0 Å². The summed E-state index contributed by atoms with van der Waals surface area (Å²) in [6.07, 6.45) is 3.64. The average molecular weight is 501 g/mol. The lowest BCUT2D eigenvalue weighted by atomic mass is 10.0. The molecule has 2 N–H and O–H groups in total. The van der Waals surface area contributed by atoms with Gasteiger partial charge in [-0.15, -0.1) is 0 Å². The summed E-state index contributed by atoms with van der Waals surface area (Å²) in [7, 11) is 3.98. The third-order valence-electron chi connectivity index (χ3n) is 6.82. The number of aromatic amines is 1. The molecule has 6 rings (SSSR count).